The van der Waals surface area contributed by atoms with Gasteiger partial charge in [-0.1, -0.05) is 18.2 Å². The van der Waals surface area contributed by atoms with Crippen molar-refractivity contribution in [1.29, 1.82) is 0 Å². The molecule has 0 saturated carbocycles. The van der Waals surface area contributed by atoms with Crippen molar-refractivity contribution in [2.45, 2.75) is 0 Å². The standard InChI is InChI=1S/C14H11N3O3/c1-20-14(19)11-8-17(9-5-3-2-4-6-9)7-10-12(11)15-16-13(10)18/h2-8H,1H3,(H,16,18). The highest BCUT2D eigenvalue weighted by Gasteiger charge is 2.21. The average Bonchev–Trinajstić information content (AvgIpc) is 2.88. The van der Waals surface area contributed by atoms with Gasteiger partial charge >= 0.3 is 5.97 Å². The molecule has 0 spiro atoms. The van der Waals surface area contributed by atoms with Crippen LogP contribution in [0.15, 0.2) is 47.5 Å². The van der Waals surface area contributed by atoms with E-state index >= 15 is 0 Å². The fraction of sp³-hybridized carbons (Fsp3) is 0.0714. The largest absolute Gasteiger partial charge is 0.465 e. The zero-order chi connectivity index (χ0) is 14.1. The number of pyridine rings is 1. The molecule has 0 radical (unpaired) electrons. The molecule has 0 unspecified atom stereocenters. The van der Waals surface area contributed by atoms with E-state index in [9.17, 15) is 9.59 Å². The van der Waals surface area contributed by atoms with Crippen LogP contribution in [0.5, 0.6) is 0 Å². The topological polar surface area (TPSA) is 77.0 Å². The van der Waals surface area contributed by atoms with Crippen molar-refractivity contribution in [2.75, 3.05) is 7.11 Å². The van der Waals surface area contributed by atoms with Gasteiger partial charge in [-0.25, -0.2) is 9.89 Å². The van der Waals surface area contributed by atoms with Crippen LogP contribution in [-0.4, -0.2) is 27.8 Å². The number of esters is 1. The molecule has 0 bridgehead atoms. The highest BCUT2D eigenvalue weighted by Crippen LogP contribution is 2.22. The van der Waals surface area contributed by atoms with E-state index in [-0.39, 0.29) is 11.1 Å². The van der Waals surface area contributed by atoms with Crippen molar-refractivity contribution in [3.63, 3.8) is 0 Å². The number of rotatable bonds is 2. The summed E-state index contributed by atoms with van der Waals surface area (Å²) in [5.74, 6) is -0.535. The van der Waals surface area contributed by atoms with Crippen LogP contribution < -0.4 is 5.56 Å². The summed E-state index contributed by atoms with van der Waals surface area (Å²) < 4.78 is 6.44. The number of fused-ring (bicyclic) bond motifs is 1. The normalized spacial score (nSPS) is 10.7. The molecular formula is C14H11N3O3. The predicted octanol–water partition coefficient (Wildman–Crippen LogP) is 1.45. The summed E-state index contributed by atoms with van der Waals surface area (Å²) in [6.45, 7) is 0. The van der Waals surface area contributed by atoms with Crippen LogP contribution in [0.3, 0.4) is 0 Å². The molecule has 3 rings (SSSR count). The molecule has 6 nitrogen and oxygen atoms in total. The summed E-state index contributed by atoms with van der Waals surface area (Å²) in [6.07, 6.45) is 3.24. The smallest absolute Gasteiger partial charge is 0.341 e. The molecule has 1 N–H and O–H groups in total. The Kier molecular flexibility index (Phi) is 2.83. The summed E-state index contributed by atoms with van der Waals surface area (Å²) in [5, 5.41) is 6.22. The zero-order valence-electron chi connectivity index (χ0n) is 10.7. The van der Waals surface area contributed by atoms with E-state index in [0.717, 1.165) is 5.69 Å². The number of carbonyl (C=O) groups excluding carboxylic acids is 1. The first kappa shape index (κ1) is 12.2. The van der Waals surface area contributed by atoms with Crippen molar-refractivity contribution in [1.82, 2.24) is 14.8 Å². The Hall–Kier alpha value is -2.89. The minimum Gasteiger partial charge on any atom is -0.465 e. The van der Waals surface area contributed by atoms with Gasteiger partial charge in [-0.15, -0.1) is 0 Å². The third-order valence-electron chi connectivity index (χ3n) is 3.02. The Morgan fingerprint density at radius 1 is 1.25 bits per heavy atom. The summed E-state index contributed by atoms with van der Waals surface area (Å²) in [5.41, 5.74) is 1.40. The van der Waals surface area contributed by atoms with Gasteiger partial charge in [0.2, 0.25) is 0 Å². The molecule has 6 heteroatoms. The number of nitrogens with one attached hydrogen (secondary N) is 1. The molecule has 0 fully saturated rings. The molecule has 100 valence electrons. The van der Waals surface area contributed by atoms with Gasteiger partial charge in [-0.3, -0.25) is 4.79 Å². The van der Waals surface area contributed by atoms with Crippen LogP contribution in [0, 0.1) is 0 Å². The van der Waals surface area contributed by atoms with Gasteiger partial charge < -0.3 is 9.30 Å². The quantitative estimate of drug-likeness (QED) is 0.714. The molecule has 1 aromatic rings. The number of methoxy groups -OCH3 is 1. The van der Waals surface area contributed by atoms with E-state index in [2.05, 4.69) is 10.2 Å². The Bertz CT molecular complexity index is 789. The summed E-state index contributed by atoms with van der Waals surface area (Å²) >= 11 is 0. The number of aromatic nitrogens is 3. The minimum atomic E-state index is -0.535. The first-order valence-corrected chi connectivity index (χ1v) is 5.95. The number of para-hydroxylation sites is 1. The molecule has 2 aliphatic rings. The lowest BCUT2D eigenvalue weighted by molar-refractivity contribution is 0.0600. The lowest BCUT2D eigenvalue weighted by Gasteiger charge is -2.11. The van der Waals surface area contributed by atoms with Crippen molar-refractivity contribution < 1.29 is 9.53 Å². The maximum absolute atomic E-state index is 11.8. The number of nitrogens with zero attached hydrogens (tertiary/aromatic N) is 2. The van der Waals surface area contributed by atoms with Gasteiger partial charge in [0.05, 0.1) is 12.7 Å². The van der Waals surface area contributed by atoms with Crippen molar-refractivity contribution in [2.24, 2.45) is 0 Å². The first-order valence-electron chi connectivity index (χ1n) is 5.95. The zero-order valence-corrected chi connectivity index (χ0v) is 10.7. The maximum Gasteiger partial charge on any atom is 0.341 e. The minimum absolute atomic E-state index is 0.243. The van der Waals surface area contributed by atoms with E-state index in [4.69, 9.17) is 4.74 Å². The van der Waals surface area contributed by atoms with Crippen LogP contribution >= 0.6 is 0 Å². The molecule has 0 aliphatic carbocycles. The Balaban J connectivity index is 2.29. The van der Waals surface area contributed by atoms with Gasteiger partial charge in [0.1, 0.15) is 11.3 Å². The van der Waals surface area contributed by atoms with Crippen LogP contribution in [0.4, 0.5) is 0 Å². The summed E-state index contributed by atoms with van der Waals surface area (Å²) in [6, 6.07) is 9.38. The molecule has 0 amide bonds. The van der Waals surface area contributed by atoms with Crippen molar-refractivity contribution in [3.05, 3.63) is 58.6 Å². The Morgan fingerprint density at radius 3 is 2.70 bits per heavy atom. The van der Waals surface area contributed by atoms with Crippen LogP contribution in [0.1, 0.15) is 10.4 Å². The maximum atomic E-state index is 11.8. The first-order chi connectivity index (χ1) is 9.70. The number of hydrogen-bond acceptors (Lipinski definition) is 4. The number of benzene rings is 1. The van der Waals surface area contributed by atoms with Crippen LogP contribution in [-0.2, 0) is 4.74 Å². The van der Waals surface area contributed by atoms with Crippen LogP contribution in [0.2, 0.25) is 0 Å². The molecule has 0 atom stereocenters. The molecule has 20 heavy (non-hydrogen) atoms. The van der Waals surface area contributed by atoms with E-state index in [1.54, 1.807) is 17.0 Å². The van der Waals surface area contributed by atoms with Crippen LogP contribution in [0.25, 0.3) is 16.9 Å². The molecule has 0 saturated heterocycles. The van der Waals surface area contributed by atoms with Crippen molar-refractivity contribution in [3.8, 4) is 16.9 Å². The number of H-pyrrole nitrogens is 1. The predicted molar refractivity (Wildman–Crippen MR) is 72.1 cm³/mol. The second-order valence-corrected chi connectivity index (χ2v) is 4.22. The molecule has 1 aromatic carbocycles. The van der Waals surface area contributed by atoms with E-state index in [1.807, 2.05) is 30.3 Å². The number of aromatic amines is 1. The fourth-order valence-electron chi connectivity index (χ4n) is 2.04. The number of ether oxygens (including phenoxy) is 1. The third kappa shape index (κ3) is 1.87. The summed E-state index contributed by atoms with van der Waals surface area (Å²) in [7, 11) is 1.29. The lowest BCUT2D eigenvalue weighted by Crippen LogP contribution is -2.11. The average molecular weight is 269 g/mol. The number of hydrogen-bond donors (Lipinski definition) is 1. The number of carbonyl (C=O) groups is 1. The molecule has 2 aliphatic heterocycles. The molecule has 2 heterocycles. The molecule has 0 aromatic heterocycles. The SMILES string of the molecule is COC(=O)c1cn(-c2ccccc2)cc2c(=O)[nH]nc1-2. The lowest BCUT2D eigenvalue weighted by atomic mass is 10.1. The van der Waals surface area contributed by atoms with Gasteiger partial charge in [-0.2, -0.15) is 5.10 Å². The third-order valence-corrected chi connectivity index (χ3v) is 3.02. The highest BCUT2D eigenvalue weighted by atomic mass is 16.5. The van der Waals surface area contributed by atoms with Gasteiger partial charge in [0.25, 0.3) is 5.56 Å². The van der Waals surface area contributed by atoms with Crippen molar-refractivity contribution >= 4 is 5.97 Å². The Morgan fingerprint density at radius 2 is 2.00 bits per heavy atom. The second-order valence-electron chi connectivity index (χ2n) is 4.22. The highest BCUT2D eigenvalue weighted by molar-refractivity contribution is 5.96. The monoisotopic (exact) mass is 269 g/mol. The van der Waals surface area contributed by atoms with E-state index in [1.165, 1.54) is 7.11 Å². The van der Waals surface area contributed by atoms with Gasteiger partial charge in [-0.05, 0) is 12.1 Å². The molecular weight excluding hydrogens is 258 g/mol. The van der Waals surface area contributed by atoms with E-state index in [0.29, 0.717) is 11.3 Å². The fourth-order valence-corrected chi connectivity index (χ4v) is 2.04. The summed E-state index contributed by atoms with van der Waals surface area (Å²) in [4.78, 5) is 23.6. The Labute approximate surface area is 114 Å². The van der Waals surface area contributed by atoms with Gasteiger partial charge in [0, 0.05) is 18.1 Å². The van der Waals surface area contributed by atoms with E-state index < -0.39 is 5.97 Å². The van der Waals surface area contributed by atoms with Gasteiger partial charge in [0.15, 0.2) is 0 Å². The second kappa shape index (κ2) is 4.65.